The Bertz CT molecular complexity index is 981. The summed E-state index contributed by atoms with van der Waals surface area (Å²) in [5, 5.41) is 17.4. The van der Waals surface area contributed by atoms with Crippen LogP contribution in [0, 0.1) is 5.41 Å². The SMILES string of the molecule is CC(=O)O.CN(CCCNC(=N)N)Cc1cccc(OS(=O)(=O)c2ccccc2Cl)c1. The first-order valence-electron chi connectivity index (χ1n) is 9.25. The molecular weight excluding hydrogens is 444 g/mol. The van der Waals surface area contributed by atoms with Crippen LogP contribution in [0.25, 0.3) is 0 Å². The number of halogens is 1. The smallest absolute Gasteiger partial charge is 0.340 e. The summed E-state index contributed by atoms with van der Waals surface area (Å²) in [7, 11) is -2.04. The predicted octanol–water partition coefficient (Wildman–Crippen LogP) is 2.50. The standard InChI is InChI=1S/C18H23ClN4O3S.C2H4O2/c1-23(11-5-10-22-18(20)21)13-14-6-4-7-15(12-14)26-27(24,25)17-9-3-2-8-16(17)19;1-2(3)4/h2-4,6-9,12H,5,10-11,13H2,1H3,(H4,20,21,22);1H3,(H,3,4). The molecule has 0 aliphatic carbocycles. The predicted molar refractivity (Wildman–Crippen MR) is 120 cm³/mol. The summed E-state index contributed by atoms with van der Waals surface area (Å²) < 4.78 is 30.1. The number of benzene rings is 2. The van der Waals surface area contributed by atoms with E-state index in [-0.39, 0.29) is 21.6 Å². The van der Waals surface area contributed by atoms with E-state index >= 15 is 0 Å². The average Bonchev–Trinajstić information content (AvgIpc) is 2.65. The number of aliphatic carboxylic acids is 1. The Labute approximate surface area is 187 Å². The van der Waals surface area contributed by atoms with Crippen LogP contribution in [0.3, 0.4) is 0 Å². The summed E-state index contributed by atoms with van der Waals surface area (Å²) in [6.07, 6.45) is 0.827. The van der Waals surface area contributed by atoms with E-state index < -0.39 is 16.1 Å². The Morgan fingerprint density at radius 1 is 1.26 bits per heavy atom. The Kier molecular flexibility index (Phi) is 10.8. The van der Waals surface area contributed by atoms with E-state index in [9.17, 15) is 8.42 Å². The number of hydrogen-bond acceptors (Lipinski definition) is 6. The molecule has 0 aliphatic rings. The lowest BCUT2D eigenvalue weighted by atomic mass is 10.2. The molecule has 9 nitrogen and oxygen atoms in total. The Morgan fingerprint density at radius 2 is 1.90 bits per heavy atom. The van der Waals surface area contributed by atoms with Crippen molar-refractivity contribution in [3.05, 3.63) is 59.1 Å². The van der Waals surface area contributed by atoms with Crippen molar-refractivity contribution in [3.63, 3.8) is 0 Å². The summed E-state index contributed by atoms with van der Waals surface area (Å²) >= 11 is 5.96. The van der Waals surface area contributed by atoms with Gasteiger partial charge in [0.05, 0.1) is 5.02 Å². The average molecular weight is 471 g/mol. The molecule has 11 heteroatoms. The quantitative estimate of drug-likeness (QED) is 0.189. The van der Waals surface area contributed by atoms with Gasteiger partial charge in [0, 0.05) is 20.0 Å². The molecule has 0 heterocycles. The maximum atomic E-state index is 12.4. The number of carboxylic acid groups (broad SMARTS) is 1. The van der Waals surface area contributed by atoms with Gasteiger partial charge in [0.2, 0.25) is 0 Å². The van der Waals surface area contributed by atoms with Gasteiger partial charge < -0.3 is 25.2 Å². The van der Waals surface area contributed by atoms with Gasteiger partial charge in [0.15, 0.2) is 5.96 Å². The second-order valence-electron chi connectivity index (χ2n) is 6.57. The molecule has 0 saturated heterocycles. The molecule has 2 rings (SSSR count). The van der Waals surface area contributed by atoms with E-state index in [4.69, 9.17) is 36.8 Å². The number of hydrogen-bond donors (Lipinski definition) is 4. The maximum absolute atomic E-state index is 12.4. The molecule has 0 amide bonds. The van der Waals surface area contributed by atoms with Gasteiger partial charge in [-0.3, -0.25) is 10.2 Å². The van der Waals surface area contributed by atoms with Crippen molar-refractivity contribution in [3.8, 4) is 5.75 Å². The van der Waals surface area contributed by atoms with Gasteiger partial charge >= 0.3 is 10.1 Å². The first-order valence-corrected chi connectivity index (χ1v) is 11.0. The second kappa shape index (κ2) is 12.8. The van der Waals surface area contributed by atoms with Crippen LogP contribution in [0.2, 0.25) is 5.02 Å². The topological polar surface area (TPSA) is 146 Å². The lowest BCUT2D eigenvalue weighted by Crippen LogP contribution is -2.32. The molecule has 0 fully saturated rings. The van der Waals surface area contributed by atoms with Gasteiger partial charge in [0.1, 0.15) is 10.6 Å². The van der Waals surface area contributed by atoms with Gasteiger partial charge in [-0.1, -0.05) is 35.9 Å². The minimum atomic E-state index is -4.00. The van der Waals surface area contributed by atoms with Crippen LogP contribution in [0.5, 0.6) is 5.75 Å². The van der Waals surface area contributed by atoms with Crippen molar-refractivity contribution in [2.24, 2.45) is 5.73 Å². The normalized spacial score (nSPS) is 10.7. The lowest BCUT2D eigenvalue weighted by Gasteiger charge is -2.17. The highest BCUT2D eigenvalue weighted by atomic mass is 35.5. The molecule has 0 radical (unpaired) electrons. The van der Waals surface area contributed by atoms with E-state index in [0.717, 1.165) is 25.5 Å². The van der Waals surface area contributed by atoms with Crippen LogP contribution in [0.1, 0.15) is 18.9 Å². The fourth-order valence-corrected chi connectivity index (χ4v) is 3.90. The molecule has 0 spiro atoms. The summed E-state index contributed by atoms with van der Waals surface area (Å²) in [5.74, 6) is -0.638. The highest BCUT2D eigenvalue weighted by molar-refractivity contribution is 7.87. The molecule has 5 N–H and O–H groups in total. The van der Waals surface area contributed by atoms with E-state index in [2.05, 4.69) is 10.2 Å². The van der Waals surface area contributed by atoms with E-state index in [0.29, 0.717) is 13.1 Å². The molecule has 0 aromatic heterocycles. The van der Waals surface area contributed by atoms with Crippen molar-refractivity contribution in [1.29, 1.82) is 5.41 Å². The summed E-state index contributed by atoms with van der Waals surface area (Å²) in [4.78, 5) is 11.0. The number of rotatable bonds is 9. The van der Waals surface area contributed by atoms with Crippen LogP contribution in [-0.2, 0) is 21.5 Å². The van der Waals surface area contributed by atoms with Crippen LogP contribution in [-0.4, -0.2) is 50.5 Å². The third-order valence-corrected chi connectivity index (χ3v) is 5.44. The number of carboxylic acids is 1. The van der Waals surface area contributed by atoms with Crippen molar-refractivity contribution < 1.29 is 22.5 Å². The van der Waals surface area contributed by atoms with Gasteiger partial charge in [-0.25, -0.2) is 0 Å². The molecule has 0 aliphatic heterocycles. The van der Waals surface area contributed by atoms with E-state index in [1.807, 2.05) is 13.1 Å². The summed E-state index contributed by atoms with van der Waals surface area (Å²) in [5.41, 5.74) is 6.16. The third kappa shape index (κ3) is 10.7. The highest BCUT2D eigenvalue weighted by Gasteiger charge is 2.20. The zero-order valence-corrected chi connectivity index (χ0v) is 18.9. The van der Waals surface area contributed by atoms with Crippen molar-refractivity contribution in [2.75, 3.05) is 20.1 Å². The fourth-order valence-electron chi connectivity index (χ4n) is 2.48. The van der Waals surface area contributed by atoms with Crippen molar-refractivity contribution in [1.82, 2.24) is 10.2 Å². The maximum Gasteiger partial charge on any atom is 0.340 e. The number of nitrogens with one attached hydrogen (secondary N) is 2. The van der Waals surface area contributed by atoms with Gasteiger partial charge in [0.25, 0.3) is 5.97 Å². The summed E-state index contributed by atoms with van der Waals surface area (Å²) in [6.45, 7) is 3.13. The van der Waals surface area contributed by atoms with Crippen LogP contribution in [0.15, 0.2) is 53.4 Å². The van der Waals surface area contributed by atoms with Crippen molar-refractivity contribution in [2.45, 2.75) is 24.8 Å². The van der Waals surface area contributed by atoms with Crippen molar-refractivity contribution >= 4 is 33.6 Å². The van der Waals surface area contributed by atoms with Gasteiger partial charge in [-0.15, -0.1) is 0 Å². The van der Waals surface area contributed by atoms with Crippen LogP contribution in [0.4, 0.5) is 0 Å². The molecule has 2 aromatic carbocycles. The first-order chi connectivity index (χ1) is 14.5. The monoisotopic (exact) mass is 470 g/mol. The molecule has 31 heavy (non-hydrogen) atoms. The molecular formula is C20H27ClN4O5S. The van der Waals surface area contributed by atoms with E-state index in [1.165, 1.54) is 12.1 Å². The van der Waals surface area contributed by atoms with E-state index in [1.54, 1.807) is 30.3 Å². The lowest BCUT2D eigenvalue weighted by molar-refractivity contribution is -0.134. The Morgan fingerprint density at radius 3 is 2.52 bits per heavy atom. The Hall–Kier alpha value is -2.82. The Balaban J connectivity index is 0.00000110. The molecule has 0 saturated carbocycles. The fraction of sp³-hybridized carbons (Fsp3) is 0.300. The molecule has 0 unspecified atom stereocenters. The molecule has 170 valence electrons. The number of nitrogens with zero attached hydrogens (tertiary/aromatic N) is 1. The zero-order valence-electron chi connectivity index (χ0n) is 17.3. The summed E-state index contributed by atoms with van der Waals surface area (Å²) in [6, 6.07) is 13.1. The number of carbonyl (C=O) groups is 1. The van der Waals surface area contributed by atoms with Gasteiger partial charge in [-0.05, 0) is 49.8 Å². The molecule has 2 aromatic rings. The first kappa shape index (κ1) is 26.2. The number of guanidine groups is 1. The number of nitrogens with two attached hydrogens (primary N) is 1. The highest BCUT2D eigenvalue weighted by Crippen LogP contribution is 2.25. The minimum Gasteiger partial charge on any atom is -0.481 e. The van der Waals surface area contributed by atoms with Gasteiger partial charge in [-0.2, -0.15) is 8.42 Å². The zero-order chi connectivity index (χ0) is 23.4. The third-order valence-electron chi connectivity index (χ3n) is 3.69. The molecule has 0 bridgehead atoms. The largest absolute Gasteiger partial charge is 0.481 e. The van der Waals surface area contributed by atoms with Crippen LogP contribution < -0.4 is 15.2 Å². The minimum absolute atomic E-state index is 0.0396. The molecule has 0 atom stereocenters. The second-order valence-corrected chi connectivity index (χ2v) is 8.49. The van der Waals surface area contributed by atoms with Crippen LogP contribution >= 0.6 is 11.6 Å².